The topological polar surface area (TPSA) is 38.7 Å². The molecule has 7 heteroatoms. The Balaban J connectivity index is 1.54. The molecule has 3 nitrogen and oxygen atoms in total. The van der Waals surface area contributed by atoms with Gasteiger partial charge in [0.1, 0.15) is 26.4 Å². The third-order valence-corrected chi connectivity index (χ3v) is 9.91. The van der Waals surface area contributed by atoms with Crippen molar-refractivity contribution in [2.75, 3.05) is 0 Å². The average molecular weight is 587 g/mol. The summed E-state index contributed by atoms with van der Waals surface area (Å²) < 4.78 is 0. The van der Waals surface area contributed by atoms with Crippen LogP contribution in [0, 0.1) is 6.92 Å². The van der Waals surface area contributed by atoms with Gasteiger partial charge < -0.3 is 0 Å². The molecule has 176 valence electrons. The van der Waals surface area contributed by atoms with Gasteiger partial charge in [0, 0.05) is 31.8 Å². The first-order valence-electron chi connectivity index (χ1n) is 11.4. The fourth-order valence-corrected chi connectivity index (χ4v) is 7.59. The summed E-state index contributed by atoms with van der Waals surface area (Å²) in [5, 5.41) is 3.73. The molecule has 6 rings (SSSR count). The minimum atomic E-state index is 0.732. The lowest BCUT2D eigenvalue weighted by atomic mass is 10.2. The maximum absolute atomic E-state index is 5.16. The third-order valence-electron chi connectivity index (χ3n) is 5.74. The van der Waals surface area contributed by atoms with Gasteiger partial charge in [0.2, 0.25) is 0 Å². The molecule has 6 aromatic rings. The van der Waals surface area contributed by atoms with Gasteiger partial charge in [-0.3, -0.25) is 0 Å². The molecule has 0 fully saturated rings. The summed E-state index contributed by atoms with van der Waals surface area (Å²) in [5.74, 6) is 0. The first kappa shape index (κ1) is 23.4. The average Bonchev–Trinajstić information content (AvgIpc) is 3.66. The molecule has 0 bridgehead atoms. The quantitative estimate of drug-likeness (QED) is 0.183. The fourth-order valence-electron chi connectivity index (χ4n) is 3.99. The van der Waals surface area contributed by atoms with E-state index in [-0.39, 0.29) is 0 Å². The van der Waals surface area contributed by atoms with Gasteiger partial charge in [-0.25, -0.2) is 15.0 Å². The van der Waals surface area contributed by atoms with Gasteiger partial charge in [0.05, 0.1) is 10.6 Å². The fraction of sp³-hybridized carbons (Fsp3) is 0.0690. The van der Waals surface area contributed by atoms with Crippen LogP contribution in [0.4, 0.5) is 0 Å². The predicted molar refractivity (Wildman–Crippen MR) is 158 cm³/mol. The molecular weight excluding hydrogens is 566 g/mol. The summed E-state index contributed by atoms with van der Waals surface area (Å²) in [6.07, 6.45) is 0. The highest BCUT2D eigenvalue weighted by molar-refractivity contribution is 9.08. The molecule has 3 aromatic carbocycles. The van der Waals surface area contributed by atoms with Crippen LogP contribution < -0.4 is 0 Å². The van der Waals surface area contributed by atoms with Crippen LogP contribution in [0.25, 0.3) is 53.7 Å². The van der Waals surface area contributed by atoms with Gasteiger partial charge in [-0.15, -0.1) is 34.0 Å². The maximum atomic E-state index is 5.16. The number of halogens is 1. The van der Waals surface area contributed by atoms with Crippen LogP contribution in [0.3, 0.4) is 0 Å². The zero-order chi connectivity index (χ0) is 24.5. The molecule has 0 aliphatic rings. The smallest absolute Gasteiger partial charge is 0.124 e. The first-order valence-corrected chi connectivity index (χ1v) is 15.0. The second-order valence-corrected chi connectivity index (χ2v) is 12.0. The molecule has 0 N–H and O–H groups in total. The molecule has 3 heterocycles. The minimum Gasteiger partial charge on any atom is -0.235 e. The van der Waals surface area contributed by atoms with Gasteiger partial charge in [0.15, 0.2) is 0 Å². The Hall–Kier alpha value is -2.97. The molecule has 0 aliphatic heterocycles. The van der Waals surface area contributed by atoms with Crippen molar-refractivity contribution >= 4 is 49.9 Å². The summed E-state index contributed by atoms with van der Waals surface area (Å²) in [7, 11) is 0. The van der Waals surface area contributed by atoms with E-state index in [1.54, 1.807) is 34.0 Å². The predicted octanol–water partition coefficient (Wildman–Crippen LogP) is 9.59. The van der Waals surface area contributed by atoms with Crippen LogP contribution in [0.1, 0.15) is 9.75 Å². The van der Waals surface area contributed by atoms with Crippen molar-refractivity contribution < 1.29 is 0 Å². The van der Waals surface area contributed by atoms with E-state index in [1.807, 2.05) is 18.2 Å². The van der Waals surface area contributed by atoms with E-state index < -0.39 is 0 Å². The van der Waals surface area contributed by atoms with Gasteiger partial charge in [-0.1, -0.05) is 107 Å². The Bertz CT molecular complexity index is 1620. The minimum absolute atomic E-state index is 0.732. The molecule has 36 heavy (non-hydrogen) atoms. The Morgan fingerprint density at radius 2 is 1.00 bits per heavy atom. The molecule has 0 saturated carbocycles. The van der Waals surface area contributed by atoms with Crippen LogP contribution in [0.5, 0.6) is 0 Å². The van der Waals surface area contributed by atoms with Gasteiger partial charge >= 0.3 is 0 Å². The number of benzene rings is 3. The number of alkyl halides is 1. The molecule has 0 saturated heterocycles. The summed E-state index contributed by atoms with van der Waals surface area (Å²) >= 11 is 8.84. The molecule has 3 aromatic heterocycles. The van der Waals surface area contributed by atoms with E-state index >= 15 is 0 Å². The molecule has 0 spiro atoms. The third kappa shape index (κ3) is 4.48. The van der Waals surface area contributed by atoms with Gasteiger partial charge in [-0.2, -0.15) is 0 Å². The van der Waals surface area contributed by atoms with Crippen molar-refractivity contribution in [1.29, 1.82) is 0 Å². The number of aryl methyl sites for hydroxylation is 1. The Kier molecular flexibility index (Phi) is 6.63. The molecule has 0 aliphatic carbocycles. The maximum Gasteiger partial charge on any atom is 0.124 e. The monoisotopic (exact) mass is 585 g/mol. The lowest BCUT2D eigenvalue weighted by Gasteiger charge is -2.00. The second kappa shape index (κ2) is 10.2. The SMILES string of the molecule is Cc1sc(-c2ccccc2)nc1-c1nc(-c2ccccc2)sc1-c1nc(-c2ccccc2)sc1CBr. The zero-order valence-corrected chi connectivity index (χ0v) is 23.3. The Morgan fingerprint density at radius 1 is 0.556 bits per heavy atom. The highest BCUT2D eigenvalue weighted by Crippen LogP contribution is 2.46. The number of hydrogen-bond acceptors (Lipinski definition) is 6. The molecule has 0 unspecified atom stereocenters. The van der Waals surface area contributed by atoms with E-state index in [2.05, 4.69) is 95.7 Å². The van der Waals surface area contributed by atoms with E-state index in [0.29, 0.717) is 0 Å². The standard InChI is InChI=1S/C29H20BrN3S3/c1-18-23(31-27(34-18)19-11-5-2-6-12-19)25-26(36-29(33-25)21-15-9-4-10-16-21)24-22(17-30)35-28(32-24)20-13-7-3-8-14-20/h2-16H,17H2,1H3. The number of thiazole rings is 3. The number of rotatable bonds is 6. The van der Waals surface area contributed by atoms with Gasteiger partial charge in [0.25, 0.3) is 0 Å². The van der Waals surface area contributed by atoms with Crippen molar-refractivity contribution in [3.8, 4) is 53.7 Å². The molecular formula is C29H20BrN3S3. The highest BCUT2D eigenvalue weighted by atomic mass is 79.9. The van der Waals surface area contributed by atoms with Crippen LogP contribution in [0.2, 0.25) is 0 Å². The van der Waals surface area contributed by atoms with Crippen molar-refractivity contribution in [3.05, 3.63) is 101 Å². The summed E-state index contributed by atoms with van der Waals surface area (Å²) in [5.41, 5.74) is 6.17. The number of aromatic nitrogens is 3. The van der Waals surface area contributed by atoms with Crippen molar-refractivity contribution in [1.82, 2.24) is 15.0 Å². The van der Waals surface area contributed by atoms with Crippen LogP contribution in [0.15, 0.2) is 91.0 Å². The van der Waals surface area contributed by atoms with Crippen molar-refractivity contribution in [2.45, 2.75) is 12.3 Å². The second-order valence-electron chi connectivity index (χ2n) is 8.14. The zero-order valence-electron chi connectivity index (χ0n) is 19.3. The van der Waals surface area contributed by atoms with Crippen LogP contribution in [-0.4, -0.2) is 15.0 Å². The van der Waals surface area contributed by atoms with Crippen LogP contribution >= 0.6 is 49.9 Å². The summed E-state index contributed by atoms with van der Waals surface area (Å²) in [6, 6.07) is 31.1. The van der Waals surface area contributed by atoms with E-state index in [9.17, 15) is 0 Å². The highest BCUT2D eigenvalue weighted by Gasteiger charge is 2.25. The number of hydrogen-bond donors (Lipinski definition) is 0. The number of nitrogens with zero attached hydrogens (tertiary/aromatic N) is 3. The van der Waals surface area contributed by atoms with Crippen molar-refractivity contribution in [3.63, 3.8) is 0 Å². The molecule has 0 amide bonds. The van der Waals surface area contributed by atoms with Crippen LogP contribution in [-0.2, 0) is 5.33 Å². The Labute approximate surface area is 230 Å². The van der Waals surface area contributed by atoms with E-state index in [0.717, 1.165) is 63.9 Å². The molecule has 0 radical (unpaired) electrons. The van der Waals surface area contributed by atoms with E-state index in [4.69, 9.17) is 15.0 Å². The van der Waals surface area contributed by atoms with E-state index in [1.165, 1.54) is 4.88 Å². The Morgan fingerprint density at radius 3 is 1.53 bits per heavy atom. The van der Waals surface area contributed by atoms with Gasteiger partial charge in [-0.05, 0) is 6.92 Å². The first-order chi connectivity index (χ1) is 17.7. The van der Waals surface area contributed by atoms with Crippen molar-refractivity contribution in [2.24, 2.45) is 0 Å². The lowest BCUT2D eigenvalue weighted by molar-refractivity contribution is 1.30. The molecule has 0 atom stereocenters. The summed E-state index contributed by atoms with van der Waals surface area (Å²) in [4.78, 5) is 18.8. The normalized spacial score (nSPS) is 11.2. The summed E-state index contributed by atoms with van der Waals surface area (Å²) in [6.45, 7) is 2.13. The lowest BCUT2D eigenvalue weighted by Crippen LogP contribution is -1.88. The largest absolute Gasteiger partial charge is 0.235 e.